The standard InChI is InChI=1S/C14H18FN3S2/c1-9-17-18-13(19-9)20-12-6-5-11(15)7-10(12)8-16-14(2,3)4/h5-7,16H,8H2,1-4H3. The molecule has 0 atom stereocenters. The molecule has 3 nitrogen and oxygen atoms in total. The third-order valence-corrected chi connectivity index (χ3v) is 4.54. The van der Waals surface area contributed by atoms with Crippen molar-refractivity contribution in [2.45, 2.75) is 49.0 Å². The number of aryl methyl sites for hydroxylation is 1. The van der Waals surface area contributed by atoms with Crippen LogP contribution in [-0.4, -0.2) is 15.7 Å². The van der Waals surface area contributed by atoms with E-state index in [1.165, 1.54) is 17.8 Å². The van der Waals surface area contributed by atoms with Crippen molar-refractivity contribution in [2.24, 2.45) is 0 Å². The van der Waals surface area contributed by atoms with E-state index in [1.54, 1.807) is 23.5 Å². The predicted octanol–water partition coefficient (Wildman–Crippen LogP) is 4.02. The lowest BCUT2D eigenvalue weighted by Gasteiger charge is -2.21. The summed E-state index contributed by atoms with van der Waals surface area (Å²) < 4.78 is 14.3. The Morgan fingerprint density at radius 2 is 2.05 bits per heavy atom. The molecule has 0 radical (unpaired) electrons. The molecule has 0 amide bonds. The van der Waals surface area contributed by atoms with E-state index in [2.05, 4.69) is 36.3 Å². The van der Waals surface area contributed by atoms with Crippen molar-refractivity contribution in [1.82, 2.24) is 15.5 Å². The van der Waals surface area contributed by atoms with E-state index in [1.807, 2.05) is 6.92 Å². The summed E-state index contributed by atoms with van der Waals surface area (Å²) in [5.41, 5.74) is 0.936. The molecule has 108 valence electrons. The zero-order valence-corrected chi connectivity index (χ0v) is 13.7. The van der Waals surface area contributed by atoms with Crippen LogP contribution in [0.4, 0.5) is 4.39 Å². The van der Waals surface area contributed by atoms with Crippen LogP contribution < -0.4 is 5.32 Å². The van der Waals surface area contributed by atoms with Crippen molar-refractivity contribution in [2.75, 3.05) is 0 Å². The molecule has 0 spiro atoms. The fraction of sp³-hybridized carbons (Fsp3) is 0.429. The number of hydrogen-bond donors (Lipinski definition) is 1. The number of rotatable bonds is 4. The Bertz CT molecular complexity index is 590. The molecule has 20 heavy (non-hydrogen) atoms. The van der Waals surface area contributed by atoms with Gasteiger partial charge in [-0.2, -0.15) is 0 Å². The number of halogens is 1. The van der Waals surface area contributed by atoms with Crippen molar-refractivity contribution in [3.63, 3.8) is 0 Å². The van der Waals surface area contributed by atoms with E-state index in [4.69, 9.17) is 0 Å². The summed E-state index contributed by atoms with van der Waals surface area (Å²) in [5, 5.41) is 12.4. The Labute approximate surface area is 127 Å². The molecular weight excluding hydrogens is 293 g/mol. The maximum absolute atomic E-state index is 13.4. The van der Waals surface area contributed by atoms with Gasteiger partial charge in [0.25, 0.3) is 0 Å². The molecule has 1 N–H and O–H groups in total. The summed E-state index contributed by atoms with van der Waals surface area (Å²) >= 11 is 3.08. The first kappa shape index (κ1) is 15.4. The fourth-order valence-corrected chi connectivity index (χ4v) is 3.44. The quantitative estimate of drug-likeness (QED) is 0.925. The molecule has 0 saturated heterocycles. The highest BCUT2D eigenvalue weighted by atomic mass is 32.2. The van der Waals surface area contributed by atoms with E-state index < -0.39 is 0 Å². The van der Waals surface area contributed by atoms with Crippen molar-refractivity contribution < 1.29 is 4.39 Å². The second kappa shape index (κ2) is 6.20. The predicted molar refractivity (Wildman–Crippen MR) is 81.8 cm³/mol. The highest BCUT2D eigenvalue weighted by Crippen LogP contribution is 2.32. The maximum atomic E-state index is 13.4. The highest BCUT2D eigenvalue weighted by Gasteiger charge is 2.13. The summed E-state index contributed by atoms with van der Waals surface area (Å²) in [4.78, 5) is 1.01. The van der Waals surface area contributed by atoms with Crippen LogP contribution in [0, 0.1) is 12.7 Å². The van der Waals surface area contributed by atoms with Crippen LogP contribution in [0.2, 0.25) is 0 Å². The number of nitrogens with zero attached hydrogens (tertiary/aromatic N) is 2. The zero-order valence-electron chi connectivity index (χ0n) is 12.0. The Morgan fingerprint density at radius 3 is 2.65 bits per heavy atom. The van der Waals surface area contributed by atoms with Gasteiger partial charge in [0.1, 0.15) is 10.8 Å². The van der Waals surface area contributed by atoms with Crippen LogP contribution in [0.25, 0.3) is 0 Å². The van der Waals surface area contributed by atoms with Gasteiger partial charge in [-0.15, -0.1) is 10.2 Å². The second-order valence-electron chi connectivity index (χ2n) is 5.54. The number of nitrogens with one attached hydrogen (secondary N) is 1. The molecular formula is C14H18FN3S2. The minimum absolute atomic E-state index is 0.00637. The summed E-state index contributed by atoms with van der Waals surface area (Å²) in [6.07, 6.45) is 0. The van der Waals surface area contributed by atoms with Crippen LogP contribution in [-0.2, 0) is 6.54 Å². The van der Waals surface area contributed by atoms with Gasteiger partial charge in [0.15, 0.2) is 4.34 Å². The molecule has 0 fully saturated rings. The third kappa shape index (κ3) is 4.54. The van der Waals surface area contributed by atoms with Gasteiger partial charge in [-0.3, -0.25) is 0 Å². The lowest BCUT2D eigenvalue weighted by Crippen LogP contribution is -2.35. The smallest absolute Gasteiger partial charge is 0.179 e. The third-order valence-electron chi connectivity index (χ3n) is 2.54. The van der Waals surface area contributed by atoms with Crippen LogP contribution in [0.1, 0.15) is 31.3 Å². The molecule has 1 aromatic carbocycles. The second-order valence-corrected chi connectivity index (χ2v) is 8.02. The lowest BCUT2D eigenvalue weighted by atomic mass is 10.1. The minimum atomic E-state index is -0.214. The Balaban J connectivity index is 2.19. The molecule has 1 heterocycles. The van der Waals surface area contributed by atoms with Crippen molar-refractivity contribution >= 4 is 23.1 Å². The molecule has 0 aliphatic heterocycles. The first-order chi connectivity index (χ1) is 9.33. The fourth-order valence-electron chi connectivity index (χ4n) is 1.56. The van der Waals surface area contributed by atoms with Gasteiger partial charge in [0.2, 0.25) is 0 Å². The number of hydrogen-bond acceptors (Lipinski definition) is 5. The molecule has 2 rings (SSSR count). The average Bonchev–Trinajstić information content (AvgIpc) is 2.74. The van der Waals surface area contributed by atoms with Gasteiger partial charge in [-0.1, -0.05) is 23.1 Å². The monoisotopic (exact) mass is 311 g/mol. The van der Waals surface area contributed by atoms with Gasteiger partial charge in [-0.25, -0.2) is 4.39 Å². The SMILES string of the molecule is Cc1nnc(Sc2ccc(F)cc2CNC(C)(C)C)s1. The van der Waals surface area contributed by atoms with E-state index in [0.29, 0.717) is 6.54 Å². The van der Waals surface area contributed by atoms with Crippen LogP contribution in [0.15, 0.2) is 27.4 Å². The van der Waals surface area contributed by atoms with Crippen molar-refractivity contribution in [3.8, 4) is 0 Å². The minimum Gasteiger partial charge on any atom is -0.308 e. The topological polar surface area (TPSA) is 37.8 Å². The molecule has 0 unspecified atom stereocenters. The molecule has 1 aromatic heterocycles. The summed E-state index contributed by atoms with van der Waals surface area (Å²) in [5.74, 6) is -0.214. The molecule has 2 aromatic rings. The van der Waals surface area contributed by atoms with Gasteiger partial charge in [-0.05, 0) is 51.5 Å². The van der Waals surface area contributed by atoms with Crippen LogP contribution >= 0.6 is 23.1 Å². The van der Waals surface area contributed by atoms with Crippen LogP contribution in [0.5, 0.6) is 0 Å². The van der Waals surface area contributed by atoms with Crippen LogP contribution in [0.3, 0.4) is 0 Å². The van der Waals surface area contributed by atoms with Gasteiger partial charge < -0.3 is 5.32 Å². The normalized spacial score (nSPS) is 11.8. The Morgan fingerprint density at radius 1 is 1.30 bits per heavy atom. The van der Waals surface area contributed by atoms with E-state index in [0.717, 1.165) is 19.8 Å². The van der Waals surface area contributed by atoms with Crippen molar-refractivity contribution in [3.05, 3.63) is 34.6 Å². The average molecular weight is 311 g/mol. The highest BCUT2D eigenvalue weighted by molar-refractivity contribution is 8.01. The first-order valence-electron chi connectivity index (χ1n) is 6.35. The Hall–Kier alpha value is -0.980. The zero-order chi connectivity index (χ0) is 14.8. The van der Waals surface area contributed by atoms with Gasteiger partial charge in [0.05, 0.1) is 0 Å². The summed E-state index contributed by atoms with van der Waals surface area (Å²) in [7, 11) is 0. The van der Waals surface area contributed by atoms with E-state index in [9.17, 15) is 4.39 Å². The van der Waals surface area contributed by atoms with E-state index >= 15 is 0 Å². The maximum Gasteiger partial charge on any atom is 0.179 e. The molecule has 0 aliphatic rings. The van der Waals surface area contributed by atoms with Crippen molar-refractivity contribution in [1.29, 1.82) is 0 Å². The van der Waals surface area contributed by atoms with Gasteiger partial charge >= 0.3 is 0 Å². The summed E-state index contributed by atoms with van der Waals surface area (Å²) in [6.45, 7) is 8.82. The van der Waals surface area contributed by atoms with Gasteiger partial charge in [0, 0.05) is 17.0 Å². The number of benzene rings is 1. The Kier molecular flexibility index (Phi) is 4.78. The summed E-state index contributed by atoms with van der Waals surface area (Å²) in [6, 6.07) is 4.86. The first-order valence-corrected chi connectivity index (χ1v) is 7.98. The molecule has 0 saturated carbocycles. The lowest BCUT2D eigenvalue weighted by molar-refractivity contribution is 0.422. The largest absolute Gasteiger partial charge is 0.308 e. The molecule has 0 bridgehead atoms. The molecule has 0 aliphatic carbocycles. The molecule has 6 heteroatoms. The van der Waals surface area contributed by atoms with E-state index in [-0.39, 0.29) is 11.4 Å². The number of aromatic nitrogens is 2.